The van der Waals surface area contributed by atoms with E-state index >= 15 is 0 Å². The van der Waals surface area contributed by atoms with Crippen molar-refractivity contribution in [2.24, 2.45) is 0 Å². The summed E-state index contributed by atoms with van der Waals surface area (Å²) in [6.07, 6.45) is 0. The first-order chi connectivity index (χ1) is 7.95. The third-order valence-electron chi connectivity index (χ3n) is 2.11. The van der Waals surface area contributed by atoms with Crippen LogP contribution < -0.4 is 0 Å². The molecular formula is C11H11BrClNO3. The van der Waals surface area contributed by atoms with Crippen molar-refractivity contribution in [1.29, 1.82) is 0 Å². The highest BCUT2D eigenvalue weighted by Crippen LogP contribution is 2.23. The number of carbonyl (C=O) groups excluding carboxylic acids is 2. The molecule has 0 fully saturated rings. The molecule has 6 heteroatoms. The second-order valence-corrected chi connectivity index (χ2v) is 4.63. The van der Waals surface area contributed by atoms with Crippen molar-refractivity contribution in [1.82, 2.24) is 4.90 Å². The van der Waals surface area contributed by atoms with E-state index in [4.69, 9.17) is 11.6 Å². The van der Waals surface area contributed by atoms with E-state index in [1.165, 1.54) is 19.1 Å². The molecule has 0 heterocycles. The van der Waals surface area contributed by atoms with Crippen LogP contribution >= 0.6 is 27.5 Å². The van der Waals surface area contributed by atoms with Crippen LogP contribution in [0.5, 0.6) is 0 Å². The highest BCUT2D eigenvalue weighted by molar-refractivity contribution is 9.10. The normalized spacial score (nSPS) is 9.88. The fourth-order valence-corrected chi connectivity index (χ4v) is 1.68. The van der Waals surface area contributed by atoms with Gasteiger partial charge in [-0.2, -0.15) is 0 Å². The van der Waals surface area contributed by atoms with Crippen LogP contribution in [0.15, 0.2) is 22.7 Å². The number of amides is 1. The molecule has 1 aromatic rings. The minimum absolute atomic E-state index is 0.0877. The van der Waals surface area contributed by atoms with Crippen LogP contribution in [0.4, 0.5) is 0 Å². The summed E-state index contributed by atoms with van der Waals surface area (Å²) in [7, 11) is 2.81. The second-order valence-electron chi connectivity index (χ2n) is 3.37. The van der Waals surface area contributed by atoms with Gasteiger partial charge in [0.1, 0.15) is 6.54 Å². The lowest BCUT2D eigenvalue weighted by Gasteiger charge is -2.15. The first-order valence-corrected chi connectivity index (χ1v) is 5.90. The van der Waals surface area contributed by atoms with Crippen LogP contribution in [0.3, 0.4) is 0 Å². The molecule has 0 radical (unpaired) electrons. The van der Waals surface area contributed by atoms with Gasteiger partial charge in [-0.15, -0.1) is 0 Å². The Labute approximate surface area is 113 Å². The lowest BCUT2D eigenvalue weighted by molar-refractivity contribution is -0.141. The molecule has 17 heavy (non-hydrogen) atoms. The molecule has 1 aromatic carbocycles. The van der Waals surface area contributed by atoms with E-state index in [1.54, 1.807) is 18.2 Å². The molecule has 92 valence electrons. The molecule has 0 N–H and O–H groups in total. The van der Waals surface area contributed by atoms with Crippen LogP contribution in [0.1, 0.15) is 10.4 Å². The number of hydrogen-bond donors (Lipinski definition) is 0. The fraction of sp³-hybridized carbons (Fsp3) is 0.273. The van der Waals surface area contributed by atoms with Crippen molar-refractivity contribution in [3.63, 3.8) is 0 Å². The number of methoxy groups -OCH3 is 1. The van der Waals surface area contributed by atoms with E-state index in [-0.39, 0.29) is 12.5 Å². The van der Waals surface area contributed by atoms with Crippen LogP contribution in [-0.4, -0.2) is 37.5 Å². The molecule has 0 saturated carbocycles. The Morgan fingerprint density at radius 1 is 1.47 bits per heavy atom. The molecule has 0 aliphatic rings. The van der Waals surface area contributed by atoms with Gasteiger partial charge < -0.3 is 9.64 Å². The largest absolute Gasteiger partial charge is 0.468 e. The predicted molar refractivity (Wildman–Crippen MR) is 68.1 cm³/mol. The number of rotatable bonds is 3. The number of likely N-dealkylation sites (N-methyl/N-ethyl adjacent to an activating group) is 1. The van der Waals surface area contributed by atoms with Gasteiger partial charge in [0.15, 0.2) is 0 Å². The molecule has 4 nitrogen and oxygen atoms in total. The third kappa shape index (κ3) is 3.71. The van der Waals surface area contributed by atoms with Crippen molar-refractivity contribution in [2.45, 2.75) is 0 Å². The molecule has 0 aliphatic carbocycles. The standard InChI is InChI=1S/C11H11BrClNO3/c1-14(6-10(15)17-2)11(16)7-3-4-9(13)8(12)5-7/h3-5H,6H2,1-2H3. The molecule has 0 atom stereocenters. The van der Waals surface area contributed by atoms with Crippen LogP contribution in [-0.2, 0) is 9.53 Å². The smallest absolute Gasteiger partial charge is 0.325 e. The highest BCUT2D eigenvalue weighted by Gasteiger charge is 2.15. The summed E-state index contributed by atoms with van der Waals surface area (Å²) < 4.78 is 5.12. The topological polar surface area (TPSA) is 46.6 Å². The van der Waals surface area contributed by atoms with Crippen LogP contribution in [0.2, 0.25) is 5.02 Å². The van der Waals surface area contributed by atoms with E-state index in [1.807, 2.05) is 0 Å². The maximum absolute atomic E-state index is 11.9. The zero-order chi connectivity index (χ0) is 13.0. The highest BCUT2D eigenvalue weighted by atomic mass is 79.9. The average molecular weight is 321 g/mol. The summed E-state index contributed by atoms with van der Waals surface area (Å²) in [6, 6.07) is 4.83. The molecule has 0 unspecified atom stereocenters. The Morgan fingerprint density at radius 3 is 2.65 bits per heavy atom. The summed E-state index contributed by atoms with van der Waals surface area (Å²) in [5.74, 6) is -0.735. The quantitative estimate of drug-likeness (QED) is 0.803. The number of hydrogen-bond acceptors (Lipinski definition) is 3. The molecule has 0 saturated heterocycles. The van der Waals surface area contributed by atoms with Gasteiger partial charge in [-0.05, 0) is 34.1 Å². The molecule has 0 aliphatic heterocycles. The summed E-state index contributed by atoms with van der Waals surface area (Å²) in [6.45, 7) is -0.0877. The van der Waals surface area contributed by atoms with Gasteiger partial charge >= 0.3 is 5.97 Å². The minimum atomic E-state index is -0.464. The van der Waals surface area contributed by atoms with Crippen LogP contribution in [0.25, 0.3) is 0 Å². The summed E-state index contributed by atoms with van der Waals surface area (Å²) in [5, 5.41) is 0.525. The molecule has 1 amide bonds. The van der Waals surface area contributed by atoms with Gasteiger partial charge in [0, 0.05) is 17.1 Å². The van der Waals surface area contributed by atoms with Crippen LogP contribution in [0, 0.1) is 0 Å². The summed E-state index contributed by atoms with van der Waals surface area (Å²) in [5.41, 5.74) is 0.452. The molecule has 0 bridgehead atoms. The Morgan fingerprint density at radius 2 is 2.12 bits per heavy atom. The first kappa shape index (κ1) is 14.0. The number of halogens is 2. The predicted octanol–water partition coefficient (Wildman–Crippen LogP) is 2.35. The summed E-state index contributed by atoms with van der Waals surface area (Å²) >= 11 is 9.06. The Kier molecular flexibility index (Phi) is 4.96. The number of esters is 1. The van der Waals surface area contributed by atoms with E-state index in [9.17, 15) is 9.59 Å². The van der Waals surface area contributed by atoms with Gasteiger partial charge in [-0.3, -0.25) is 9.59 Å². The maximum Gasteiger partial charge on any atom is 0.325 e. The van der Waals surface area contributed by atoms with Crippen molar-refractivity contribution in [3.05, 3.63) is 33.3 Å². The Hall–Kier alpha value is -1.07. The minimum Gasteiger partial charge on any atom is -0.468 e. The summed E-state index contributed by atoms with van der Waals surface area (Å²) in [4.78, 5) is 24.2. The maximum atomic E-state index is 11.9. The lowest BCUT2D eigenvalue weighted by atomic mass is 10.2. The fourth-order valence-electron chi connectivity index (χ4n) is 1.18. The number of carbonyl (C=O) groups is 2. The van der Waals surface area contributed by atoms with Gasteiger partial charge in [-0.25, -0.2) is 0 Å². The lowest BCUT2D eigenvalue weighted by Crippen LogP contribution is -2.32. The van der Waals surface area contributed by atoms with E-state index in [0.29, 0.717) is 15.1 Å². The molecular weight excluding hydrogens is 309 g/mol. The van der Waals surface area contributed by atoms with Gasteiger partial charge in [0.2, 0.25) is 0 Å². The Bertz CT molecular complexity index is 450. The van der Waals surface area contributed by atoms with Gasteiger partial charge in [0.05, 0.1) is 12.1 Å². The van der Waals surface area contributed by atoms with E-state index in [2.05, 4.69) is 20.7 Å². The van der Waals surface area contributed by atoms with Gasteiger partial charge in [0.25, 0.3) is 5.91 Å². The molecule has 0 spiro atoms. The third-order valence-corrected chi connectivity index (χ3v) is 3.32. The molecule has 0 aromatic heterocycles. The first-order valence-electron chi connectivity index (χ1n) is 4.73. The van der Waals surface area contributed by atoms with Gasteiger partial charge in [-0.1, -0.05) is 11.6 Å². The van der Waals surface area contributed by atoms with Crippen molar-refractivity contribution in [3.8, 4) is 0 Å². The zero-order valence-corrected chi connectivity index (χ0v) is 11.7. The Balaban J connectivity index is 2.81. The van der Waals surface area contributed by atoms with E-state index in [0.717, 1.165) is 0 Å². The number of benzene rings is 1. The van der Waals surface area contributed by atoms with E-state index < -0.39 is 5.97 Å². The monoisotopic (exact) mass is 319 g/mol. The van der Waals surface area contributed by atoms with Crippen molar-refractivity contribution >= 4 is 39.4 Å². The van der Waals surface area contributed by atoms with Crippen molar-refractivity contribution < 1.29 is 14.3 Å². The van der Waals surface area contributed by atoms with Crippen molar-refractivity contribution in [2.75, 3.05) is 20.7 Å². The number of ether oxygens (including phenoxy) is 1. The molecule has 1 rings (SSSR count). The SMILES string of the molecule is COC(=O)CN(C)C(=O)c1ccc(Cl)c(Br)c1. The number of nitrogens with zero attached hydrogens (tertiary/aromatic N) is 1. The zero-order valence-electron chi connectivity index (χ0n) is 9.37. The second kappa shape index (κ2) is 6.02. The average Bonchev–Trinajstić information content (AvgIpc) is 2.31.